The Labute approximate surface area is 175 Å². The smallest absolute Gasteiger partial charge is 0.238 e. The van der Waals surface area contributed by atoms with Crippen LogP contribution in [0.25, 0.3) is 11.1 Å². The number of hydrogen-bond donors (Lipinski definition) is 2. The van der Waals surface area contributed by atoms with Crippen LogP contribution in [0.1, 0.15) is 18.6 Å². The molecule has 0 saturated carbocycles. The number of likely N-dealkylation sites (tertiary alicyclic amines) is 1. The molecule has 2 amide bonds. The summed E-state index contributed by atoms with van der Waals surface area (Å²) in [7, 11) is 0. The van der Waals surface area contributed by atoms with Crippen LogP contribution in [-0.4, -0.2) is 35.8 Å². The molecule has 2 heterocycles. The highest BCUT2D eigenvalue weighted by Crippen LogP contribution is 2.27. The standard InChI is InChI=1S/C24H25N3O3/c28-23(26-21-12-5-4-11-20(21)18-8-2-1-3-9-18)17-27-14-6-13-22(27)24(29)25-16-19-10-7-15-30-19/h1-5,7-12,15,22H,6,13-14,16-17H2,(H,25,29)(H,26,28)/t22-/m1/s1. The van der Waals surface area contributed by atoms with Gasteiger partial charge in [0.05, 0.1) is 25.4 Å². The summed E-state index contributed by atoms with van der Waals surface area (Å²) in [6, 6.07) is 21.0. The van der Waals surface area contributed by atoms with Crippen LogP contribution in [0, 0.1) is 0 Å². The van der Waals surface area contributed by atoms with E-state index in [1.807, 2.05) is 65.6 Å². The van der Waals surface area contributed by atoms with Gasteiger partial charge in [-0.3, -0.25) is 14.5 Å². The van der Waals surface area contributed by atoms with Crippen LogP contribution < -0.4 is 10.6 Å². The van der Waals surface area contributed by atoms with E-state index in [2.05, 4.69) is 10.6 Å². The Balaban J connectivity index is 1.37. The van der Waals surface area contributed by atoms with Crippen LogP contribution in [0.2, 0.25) is 0 Å². The van der Waals surface area contributed by atoms with Crippen LogP contribution in [0.5, 0.6) is 0 Å². The van der Waals surface area contributed by atoms with Gasteiger partial charge in [0.2, 0.25) is 11.8 Å². The van der Waals surface area contributed by atoms with Crippen molar-refractivity contribution in [2.24, 2.45) is 0 Å². The first-order valence-corrected chi connectivity index (χ1v) is 10.2. The van der Waals surface area contributed by atoms with Crippen LogP contribution in [0.3, 0.4) is 0 Å². The average molecular weight is 403 g/mol. The average Bonchev–Trinajstić information content (AvgIpc) is 3.45. The van der Waals surface area contributed by atoms with Crippen LogP contribution in [0.15, 0.2) is 77.4 Å². The molecule has 3 aromatic rings. The van der Waals surface area contributed by atoms with Crippen LogP contribution in [0.4, 0.5) is 5.69 Å². The van der Waals surface area contributed by atoms with Crippen molar-refractivity contribution in [3.05, 3.63) is 78.8 Å². The van der Waals surface area contributed by atoms with Gasteiger partial charge in [-0.15, -0.1) is 0 Å². The zero-order chi connectivity index (χ0) is 20.8. The summed E-state index contributed by atoms with van der Waals surface area (Å²) in [5.41, 5.74) is 2.79. The van der Waals surface area contributed by atoms with Crippen molar-refractivity contribution in [1.82, 2.24) is 10.2 Å². The maximum Gasteiger partial charge on any atom is 0.238 e. The molecule has 0 aliphatic carbocycles. The van der Waals surface area contributed by atoms with Gasteiger partial charge in [-0.1, -0.05) is 48.5 Å². The third kappa shape index (κ3) is 4.78. The van der Waals surface area contributed by atoms with Gasteiger partial charge in [-0.2, -0.15) is 0 Å². The number of rotatable bonds is 7. The molecule has 4 rings (SSSR count). The number of nitrogens with one attached hydrogen (secondary N) is 2. The molecular formula is C24H25N3O3. The third-order valence-electron chi connectivity index (χ3n) is 5.32. The molecule has 1 saturated heterocycles. The number of amides is 2. The van der Waals surface area contributed by atoms with E-state index in [1.54, 1.807) is 12.3 Å². The summed E-state index contributed by atoms with van der Waals surface area (Å²) in [5, 5.41) is 5.93. The Bertz CT molecular complexity index is 986. The maximum absolute atomic E-state index is 12.8. The number of carbonyl (C=O) groups is 2. The monoisotopic (exact) mass is 403 g/mol. The molecule has 30 heavy (non-hydrogen) atoms. The van der Waals surface area contributed by atoms with E-state index in [0.717, 1.165) is 36.2 Å². The van der Waals surface area contributed by atoms with Crippen LogP contribution in [-0.2, 0) is 16.1 Å². The van der Waals surface area contributed by atoms with Gasteiger partial charge in [0, 0.05) is 11.3 Å². The molecule has 1 aliphatic rings. The number of hydrogen-bond acceptors (Lipinski definition) is 4. The summed E-state index contributed by atoms with van der Waals surface area (Å²) in [6.07, 6.45) is 3.23. The molecule has 6 nitrogen and oxygen atoms in total. The summed E-state index contributed by atoms with van der Waals surface area (Å²) < 4.78 is 5.26. The highest BCUT2D eigenvalue weighted by Gasteiger charge is 2.31. The van der Waals surface area contributed by atoms with E-state index < -0.39 is 0 Å². The van der Waals surface area contributed by atoms with Gasteiger partial charge >= 0.3 is 0 Å². The molecule has 0 bridgehead atoms. The summed E-state index contributed by atoms with van der Waals surface area (Å²) >= 11 is 0. The Morgan fingerprint density at radius 1 is 1.00 bits per heavy atom. The predicted octanol–water partition coefficient (Wildman–Crippen LogP) is 3.67. The fourth-order valence-corrected chi connectivity index (χ4v) is 3.85. The summed E-state index contributed by atoms with van der Waals surface area (Å²) in [5.74, 6) is 0.522. The topological polar surface area (TPSA) is 74.6 Å². The van der Waals surface area contributed by atoms with Gasteiger partial charge in [0.15, 0.2) is 0 Å². The second kappa shape index (κ2) is 9.41. The van der Waals surface area contributed by atoms with Crippen LogP contribution >= 0.6 is 0 Å². The minimum atomic E-state index is -0.296. The summed E-state index contributed by atoms with van der Waals surface area (Å²) in [4.78, 5) is 27.3. The molecule has 154 valence electrons. The SMILES string of the molecule is O=C(CN1CCC[C@@H]1C(=O)NCc1ccco1)Nc1ccccc1-c1ccccc1. The van der Waals surface area contributed by atoms with Crippen molar-refractivity contribution >= 4 is 17.5 Å². The lowest BCUT2D eigenvalue weighted by Gasteiger charge is -2.23. The molecular weight excluding hydrogens is 378 g/mol. The van der Waals surface area contributed by atoms with E-state index in [-0.39, 0.29) is 24.4 Å². The first kappa shape index (κ1) is 19.9. The highest BCUT2D eigenvalue weighted by molar-refractivity contribution is 5.97. The molecule has 1 aliphatic heterocycles. The molecule has 1 aromatic heterocycles. The number of furan rings is 1. The highest BCUT2D eigenvalue weighted by atomic mass is 16.3. The van der Waals surface area contributed by atoms with E-state index in [9.17, 15) is 9.59 Å². The van der Waals surface area contributed by atoms with Crippen molar-refractivity contribution < 1.29 is 14.0 Å². The number of nitrogens with zero attached hydrogens (tertiary/aromatic N) is 1. The fourth-order valence-electron chi connectivity index (χ4n) is 3.85. The number of carbonyl (C=O) groups excluding carboxylic acids is 2. The van der Waals surface area contributed by atoms with E-state index >= 15 is 0 Å². The zero-order valence-corrected chi connectivity index (χ0v) is 16.7. The Kier molecular flexibility index (Phi) is 6.25. The Hall–Kier alpha value is -3.38. The number of benzene rings is 2. The maximum atomic E-state index is 12.8. The number of para-hydroxylation sites is 1. The van der Waals surface area contributed by atoms with Gasteiger partial charge < -0.3 is 15.1 Å². The van der Waals surface area contributed by atoms with Gasteiger partial charge in [-0.05, 0) is 43.1 Å². The first-order valence-electron chi connectivity index (χ1n) is 10.2. The molecule has 0 radical (unpaired) electrons. The largest absolute Gasteiger partial charge is 0.467 e. The van der Waals surface area contributed by atoms with Gasteiger partial charge in [0.1, 0.15) is 5.76 Å². The van der Waals surface area contributed by atoms with Crippen molar-refractivity contribution in [3.63, 3.8) is 0 Å². The Morgan fingerprint density at radius 3 is 2.60 bits per heavy atom. The second-order valence-electron chi connectivity index (χ2n) is 7.39. The van der Waals surface area contributed by atoms with Gasteiger partial charge in [0.25, 0.3) is 0 Å². The minimum absolute atomic E-state index is 0.0682. The van der Waals surface area contributed by atoms with Crippen molar-refractivity contribution in [2.75, 3.05) is 18.4 Å². The number of anilines is 1. The van der Waals surface area contributed by atoms with E-state index in [0.29, 0.717) is 12.3 Å². The molecule has 1 atom stereocenters. The predicted molar refractivity (Wildman–Crippen MR) is 116 cm³/mol. The summed E-state index contributed by atoms with van der Waals surface area (Å²) in [6.45, 7) is 1.27. The lowest BCUT2D eigenvalue weighted by atomic mass is 10.0. The fraction of sp³-hybridized carbons (Fsp3) is 0.250. The molecule has 0 spiro atoms. The normalized spacial score (nSPS) is 16.3. The molecule has 2 aromatic carbocycles. The lowest BCUT2D eigenvalue weighted by molar-refractivity contribution is -0.126. The Morgan fingerprint density at radius 2 is 1.80 bits per heavy atom. The first-order chi connectivity index (χ1) is 14.7. The van der Waals surface area contributed by atoms with E-state index in [4.69, 9.17) is 4.42 Å². The molecule has 2 N–H and O–H groups in total. The lowest BCUT2D eigenvalue weighted by Crippen LogP contribution is -2.45. The van der Waals surface area contributed by atoms with Gasteiger partial charge in [-0.25, -0.2) is 0 Å². The third-order valence-corrected chi connectivity index (χ3v) is 5.32. The van der Waals surface area contributed by atoms with Crippen molar-refractivity contribution in [2.45, 2.75) is 25.4 Å². The minimum Gasteiger partial charge on any atom is -0.467 e. The quantitative estimate of drug-likeness (QED) is 0.631. The molecule has 0 unspecified atom stereocenters. The van der Waals surface area contributed by atoms with E-state index in [1.165, 1.54) is 0 Å². The van der Waals surface area contributed by atoms with Crippen molar-refractivity contribution in [3.8, 4) is 11.1 Å². The molecule has 1 fully saturated rings. The zero-order valence-electron chi connectivity index (χ0n) is 16.7. The second-order valence-corrected chi connectivity index (χ2v) is 7.39. The molecule has 6 heteroatoms. The van der Waals surface area contributed by atoms with Crippen molar-refractivity contribution in [1.29, 1.82) is 0 Å².